The summed E-state index contributed by atoms with van der Waals surface area (Å²) in [5.41, 5.74) is 8.82. The van der Waals surface area contributed by atoms with E-state index in [0.29, 0.717) is 10.9 Å². The van der Waals surface area contributed by atoms with Crippen molar-refractivity contribution in [1.82, 2.24) is 4.98 Å². The van der Waals surface area contributed by atoms with Crippen LogP contribution in [0.5, 0.6) is 0 Å². The Morgan fingerprint density at radius 3 is 2.95 bits per heavy atom. The Hall–Kier alpha value is -1.46. The zero-order valence-electron chi connectivity index (χ0n) is 11.0. The largest absolute Gasteiger partial charge is 0.389 e. The van der Waals surface area contributed by atoms with E-state index in [4.69, 9.17) is 18.0 Å². The fourth-order valence-electron chi connectivity index (χ4n) is 1.85. The number of hydrogen-bond acceptors (Lipinski definition) is 4. The minimum atomic E-state index is 0.361. The molecule has 0 amide bonds. The first-order chi connectivity index (χ1) is 9.08. The third kappa shape index (κ3) is 3.52. The average molecular weight is 291 g/mol. The minimum Gasteiger partial charge on any atom is -0.389 e. The molecular formula is C14H17N3S2. The molecule has 3 nitrogen and oxygen atoms in total. The first-order valence-electron chi connectivity index (χ1n) is 6.11. The molecule has 0 radical (unpaired) electrons. The second kappa shape index (κ2) is 6.12. The van der Waals surface area contributed by atoms with E-state index in [1.807, 2.05) is 23.7 Å². The van der Waals surface area contributed by atoms with E-state index in [9.17, 15) is 0 Å². The van der Waals surface area contributed by atoms with E-state index in [-0.39, 0.29) is 0 Å². The van der Waals surface area contributed by atoms with Crippen LogP contribution in [-0.4, -0.2) is 16.5 Å². The van der Waals surface area contributed by atoms with Gasteiger partial charge in [0.2, 0.25) is 0 Å². The minimum absolute atomic E-state index is 0.361. The van der Waals surface area contributed by atoms with Gasteiger partial charge in [0.25, 0.3) is 0 Å². The van der Waals surface area contributed by atoms with Crippen molar-refractivity contribution in [3.63, 3.8) is 0 Å². The van der Waals surface area contributed by atoms with E-state index in [1.165, 1.54) is 5.56 Å². The Bertz CT molecular complexity index is 564. The summed E-state index contributed by atoms with van der Waals surface area (Å²) in [5.74, 6) is 0.361. The highest BCUT2D eigenvalue weighted by Gasteiger charge is 2.10. The number of thiocarbonyl (C=S) groups is 1. The van der Waals surface area contributed by atoms with Gasteiger partial charge in [0, 0.05) is 35.3 Å². The van der Waals surface area contributed by atoms with Crippen molar-refractivity contribution in [2.75, 3.05) is 11.9 Å². The first kappa shape index (κ1) is 14.0. The maximum Gasteiger partial charge on any atom is 0.106 e. The number of aromatic nitrogens is 1. The van der Waals surface area contributed by atoms with Crippen LogP contribution in [0, 0.1) is 6.92 Å². The van der Waals surface area contributed by atoms with Crippen LogP contribution in [-0.2, 0) is 0 Å². The normalized spacial score (nSPS) is 12.1. The predicted molar refractivity (Wildman–Crippen MR) is 86.1 cm³/mol. The maximum absolute atomic E-state index is 5.75. The van der Waals surface area contributed by atoms with Crippen LogP contribution in [0.3, 0.4) is 0 Å². The molecule has 1 heterocycles. The van der Waals surface area contributed by atoms with Crippen molar-refractivity contribution in [2.45, 2.75) is 19.8 Å². The fraction of sp³-hybridized carbons (Fsp3) is 0.286. The summed E-state index contributed by atoms with van der Waals surface area (Å²) in [4.78, 5) is 4.75. The van der Waals surface area contributed by atoms with Crippen LogP contribution in [0.4, 0.5) is 5.69 Å². The van der Waals surface area contributed by atoms with Gasteiger partial charge in [-0.1, -0.05) is 25.2 Å². The summed E-state index contributed by atoms with van der Waals surface area (Å²) in [7, 11) is 0. The monoisotopic (exact) mass is 291 g/mol. The van der Waals surface area contributed by atoms with Gasteiger partial charge < -0.3 is 11.1 Å². The Labute approximate surface area is 122 Å². The molecule has 0 spiro atoms. The van der Waals surface area contributed by atoms with Crippen molar-refractivity contribution in [3.05, 3.63) is 45.9 Å². The summed E-state index contributed by atoms with van der Waals surface area (Å²) >= 11 is 6.76. The molecule has 0 saturated carbocycles. The molecule has 1 atom stereocenters. The van der Waals surface area contributed by atoms with Gasteiger partial charge in [0.05, 0.1) is 5.01 Å². The zero-order chi connectivity index (χ0) is 13.8. The lowest BCUT2D eigenvalue weighted by Crippen LogP contribution is -2.16. The van der Waals surface area contributed by atoms with Gasteiger partial charge in [-0.3, -0.25) is 0 Å². The van der Waals surface area contributed by atoms with E-state index < -0.39 is 0 Å². The summed E-state index contributed by atoms with van der Waals surface area (Å²) < 4.78 is 0. The number of hydrogen-bond donors (Lipinski definition) is 2. The van der Waals surface area contributed by atoms with Crippen LogP contribution < -0.4 is 11.1 Å². The van der Waals surface area contributed by atoms with Gasteiger partial charge in [-0.2, -0.15) is 0 Å². The molecule has 2 aromatic rings. The van der Waals surface area contributed by atoms with Crippen molar-refractivity contribution < 1.29 is 0 Å². The number of thiazole rings is 1. The van der Waals surface area contributed by atoms with Crippen molar-refractivity contribution in [1.29, 1.82) is 0 Å². The fourth-order valence-corrected chi connectivity index (χ4v) is 2.72. The summed E-state index contributed by atoms with van der Waals surface area (Å²) in [5, 5.41) is 6.56. The molecule has 1 aromatic heterocycles. The van der Waals surface area contributed by atoms with Crippen LogP contribution in [0.25, 0.3) is 0 Å². The number of aryl methyl sites for hydroxylation is 1. The van der Waals surface area contributed by atoms with E-state index >= 15 is 0 Å². The lowest BCUT2D eigenvalue weighted by Gasteiger charge is -2.15. The number of nitrogens with zero attached hydrogens (tertiary/aromatic N) is 1. The molecule has 0 bridgehead atoms. The highest BCUT2D eigenvalue weighted by atomic mass is 32.1. The lowest BCUT2D eigenvalue weighted by molar-refractivity contribution is 0.795. The summed E-state index contributed by atoms with van der Waals surface area (Å²) in [6.07, 6.45) is 1.84. The van der Waals surface area contributed by atoms with Gasteiger partial charge in [0.1, 0.15) is 4.99 Å². The van der Waals surface area contributed by atoms with Gasteiger partial charge in [-0.25, -0.2) is 4.98 Å². The number of nitrogens with one attached hydrogen (secondary N) is 1. The molecule has 0 fully saturated rings. The molecule has 1 unspecified atom stereocenters. The third-order valence-corrected chi connectivity index (χ3v) is 4.14. The predicted octanol–water partition coefficient (Wildman–Crippen LogP) is 3.30. The van der Waals surface area contributed by atoms with Crippen molar-refractivity contribution in [2.24, 2.45) is 5.73 Å². The van der Waals surface area contributed by atoms with Gasteiger partial charge in [0.15, 0.2) is 0 Å². The van der Waals surface area contributed by atoms with Gasteiger partial charge in [-0.05, 0) is 24.6 Å². The Kier molecular flexibility index (Phi) is 4.50. The molecule has 0 aliphatic carbocycles. The first-order valence-corrected chi connectivity index (χ1v) is 7.40. The van der Waals surface area contributed by atoms with Gasteiger partial charge in [-0.15, -0.1) is 11.3 Å². The molecular weight excluding hydrogens is 274 g/mol. The topological polar surface area (TPSA) is 50.9 Å². The standard InChI is InChI=1S/C14H17N3S2/c1-9-3-4-11(13(15)18)12(7-9)17-8-10(2)14-16-5-6-19-14/h3-7,10,17H,8H2,1-2H3,(H2,15,18). The van der Waals surface area contributed by atoms with Crippen molar-refractivity contribution >= 4 is 34.2 Å². The van der Waals surface area contributed by atoms with Crippen LogP contribution in [0.1, 0.15) is 29.0 Å². The molecule has 0 aliphatic heterocycles. The zero-order valence-corrected chi connectivity index (χ0v) is 12.6. The number of anilines is 1. The van der Waals surface area contributed by atoms with E-state index in [1.54, 1.807) is 11.3 Å². The number of rotatable bonds is 5. The van der Waals surface area contributed by atoms with Crippen molar-refractivity contribution in [3.8, 4) is 0 Å². The molecule has 3 N–H and O–H groups in total. The van der Waals surface area contributed by atoms with Crippen LogP contribution in [0.2, 0.25) is 0 Å². The smallest absolute Gasteiger partial charge is 0.106 e. The van der Waals surface area contributed by atoms with E-state index in [0.717, 1.165) is 22.8 Å². The number of benzene rings is 1. The average Bonchev–Trinajstić information content (AvgIpc) is 2.89. The molecule has 19 heavy (non-hydrogen) atoms. The third-order valence-electron chi connectivity index (χ3n) is 2.91. The maximum atomic E-state index is 5.75. The second-order valence-corrected chi connectivity index (χ2v) is 5.93. The van der Waals surface area contributed by atoms with Crippen LogP contribution in [0.15, 0.2) is 29.8 Å². The molecule has 1 aromatic carbocycles. The molecule has 2 rings (SSSR count). The Balaban J connectivity index is 2.10. The summed E-state index contributed by atoms with van der Waals surface area (Å²) in [6.45, 7) is 5.02. The second-order valence-electron chi connectivity index (χ2n) is 4.57. The lowest BCUT2D eigenvalue weighted by atomic mass is 10.1. The summed E-state index contributed by atoms with van der Waals surface area (Å²) in [6, 6.07) is 6.06. The van der Waals surface area contributed by atoms with Crippen LogP contribution >= 0.6 is 23.6 Å². The molecule has 0 saturated heterocycles. The number of nitrogens with two attached hydrogens (primary N) is 1. The molecule has 0 aliphatic rings. The Morgan fingerprint density at radius 1 is 1.53 bits per heavy atom. The molecule has 5 heteroatoms. The SMILES string of the molecule is Cc1ccc(C(N)=S)c(NCC(C)c2nccs2)c1. The highest BCUT2D eigenvalue weighted by Crippen LogP contribution is 2.21. The molecule has 100 valence electrons. The quantitative estimate of drug-likeness (QED) is 0.830. The van der Waals surface area contributed by atoms with E-state index in [2.05, 4.69) is 30.2 Å². The Morgan fingerprint density at radius 2 is 2.32 bits per heavy atom. The van der Waals surface area contributed by atoms with Gasteiger partial charge >= 0.3 is 0 Å². The highest BCUT2D eigenvalue weighted by molar-refractivity contribution is 7.80.